The summed E-state index contributed by atoms with van der Waals surface area (Å²) < 4.78 is 25.3. The number of ether oxygens (including phenoxy) is 2. The Bertz CT molecular complexity index is 1400. The molecule has 0 unspecified atom stereocenters. The third-order valence-corrected chi connectivity index (χ3v) is 6.38. The number of hydrogen-bond donors (Lipinski definition) is 3. The first kappa shape index (κ1) is 28.5. The van der Waals surface area contributed by atoms with Gasteiger partial charge in [0.05, 0.1) is 11.8 Å². The number of carbonyl (C=O) groups excluding carboxylic acids is 3. The number of halogens is 1. The molecular weight excluding hydrogens is 517 g/mol. The Hall–Kier alpha value is -4.47. The minimum Gasteiger partial charge on any atom is -0.507 e. The van der Waals surface area contributed by atoms with E-state index in [9.17, 15) is 23.9 Å². The molecule has 0 atom stereocenters. The number of aldehydes is 1. The maximum absolute atomic E-state index is 14.1. The van der Waals surface area contributed by atoms with Gasteiger partial charge in [0.15, 0.2) is 6.29 Å². The number of pyridine rings is 1. The van der Waals surface area contributed by atoms with Crippen molar-refractivity contribution in [3.63, 3.8) is 0 Å². The van der Waals surface area contributed by atoms with Crippen LogP contribution in [0.25, 0.3) is 11.1 Å². The SMILES string of the molecule is CC(C)(C)OC(=O)NC1CCC(NC(=O)c2cc(F)cnc2Oc2cccc(-c3ccc(O)c(C=O)c3)c2)CC1. The van der Waals surface area contributed by atoms with E-state index in [0.717, 1.165) is 12.3 Å². The monoisotopic (exact) mass is 549 g/mol. The van der Waals surface area contributed by atoms with Crippen molar-refractivity contribution < 1.29 is 33.4 Å². The number of amides is 2. The Morgan fingerprint density at radius 1 is 1.00 bits per heavy atom. The molecule has 0 saturated heterocycles. The second kappa shape index (κ2) is 12.1. The molecule has 210 valence electrons. The van der Waals surface area contributed by atoms with Gasteiger partial charge in [0.2, 0.25) is 5.88 Å². The lowest BCUT2D eigenvalue weighted by Crippen LogP contribution is -2.45. The van der Waals surface area contributed by atoms with Crippen LogP contribution in [0.2, 0.25) is 0 Å². The van der Waals surface area contributed by atoms with Gasteiger partial charge in [-0.15, -0.1) is 0 Å². The number of nitrogens with zero attached hydrogens (tertiary/aromatic N) is 1. The molecule has 2 amide bonds. The number of carbonyl (C=O) groups is 3. The van der Waals surface area contributed by atoms with E-state index in [-0.39, 0.29) is 34.8 Å². The van der Waals surface area contributed by atoms with Gasteiger partial charge in [-0.2, -0.15) is 0 Å². The van der Waals surface area contributed by atoms with Crippen LogP contribution in [-0.4, -0.2) is 46.1 Å². The highest BCUT2D eigenvalue weighted by Crippen LogP contribution is 2.31. The summed E-state index contributed by atoms with van der Waals surface area (Å²) in [5.41, 5.74) is 0.892. The highest BCUT2D eigenvalue weighted by molar-refractivity contribution is 5.96. The molecule has 1 fully saturated rings. The third-order valence-electron chi connectivity index (χ3n) is 6.38. The summed E-state index contributed by atoms with van der Waals surface area (Å²) in [7, 11) is 0. The molecule has 3 N–H and O–H groups in total. The molecule has 4 rings (SSSR count). The van der Waals surface area contributed by atoms with E-state index in [1.165, 1.54) is 6.07 Å². The quantitative estimate of drug-likeness (QED) is 0.320. The van der Waals surface area contributed by atoms with Crippen LogP contribution >= 0.6 is 0 Å². The summed E-state index contributed by atoms with van der Waals surface area (Å²) in [6.07, 6.45) is 3.64. The number of nitrogens with one attached hydrogen (secondary N) is 2. The van der Waals surface area contributed by atoms with E-state index in [1.54, 1.807) is 57.2 Å². The average molecular weight is 550 g/mol. The molecule has 0 aliphatic heterocycles. The lowest BCUT2D eigenvalue weighted by atomic mass is 9.91. The predicted molar refractivity (Wildman–Crippen MR) is 146 cm³/mol. The van der Waals surface area contributed by atoms with Crippen LogP contribution in [0.3, 0.4) is 0 Å². The van der Waals surface area contributed by atoms with Crippen molar-refractivity contribution in [1.29, 1.82) is 0 Å². The van der Waals surface area contributed by atoms with E-state index in [1.807, 2.05) is 0 Å². The number of benzene rings is 2. The highest BCUT2D eigenvalue weighted by atomic mass is 19.1. The van der Waals surface area contributed by atoms with Gasteiger partial charge >= 0.3 is 6.09 Å². The molecule has 3 aromatic rings. The Labute approximate surface area is 231 Å². The number of phenols is 1. The first-order chi connectivity index (χ1) is 19.0. The second-order valence-corrected chi connectivity index (χ2v) is 10.7. The number of rotatable bonds is 7. The number of alkyl carbamates (subject to hydrolysis) is 1. The first-order valence-electron chi connectivity index (χ1n) is 13.0. The van der Waals surface area contributed by atoms with Crippen molar-refractivity contribution in [2.24, 2.45) is 0 Å². The van der Waals surface area contributed by atoms with Crippen molar-refractivity contribution >= 4 is 18.3 Å². The normalized spacial score (nSPS) is 17.0. The van der Waals surface area contributed by atoms with Crippen molar-refractivity contribution in [2.75, 3.05) is 0 Å². The first-order valence-corrected chi connectivity index (χ1v) is 13.0. The van der Waals surface area contributed by atoms with E-state index >= 15 is 0 Å². The molecule has 1 aliphatic carbocycles. The zero-order valence-electron chi connectivity index (χ0n) is 22.6. The summed E-state index contributed by atoms with van der Waals surface area (Å²) in [6, 6.07) is 12.4. The Balaban J connectivity index is 1.42. The molecule has 0 bridgehead atoms. The van der Waals surface area contributed by atoms with Crippen molar-refractivity contribution in [3.8, 4) is 28.5 Å². The van der Waals surface area contributed by atoms with Crippen LogP contribution in [-0.2, 0) is 4.74 Å². The van der Waals surface area contributed by atoms with Gasteiger partial charge in [-0.3, -0.25) is 9.59 Å². The van der Waals surface area contributed by atoms with Gasteiger partial charge in [-0.05, 0) is 87.9 Å². The number of hydrogen-bond acceptors (Lipinski definition) is 7. The summed E-state index contributed by atoms with van der Waals surface area (Å²) in [4.78, 5) is 40.4. The van der Waals surface area contributed by atoms with Crippen LogP contribution < -0.4 is 15.4 Å². The molecular formula is C30H32FN3O6. The topological polar surface area (TPSA) is 127 Å². The summed E-state index contributed by atoms with van der Waals surface area (Å²) in [5, 5.41) is 15.6. The van der Waals surface area contributed by atoms with E-state index in [2.05, 4.69) is 15.6 Å². The number of aromatic hydroxyl groups is 1. The smallest absolute Gasteiger partial charge is 0.407 e. The average Bonchev–Trinajstić information content (AvgIpc) is 2.90. The summed E-state index contributed by atoms with van der Waals surface area (Å²) in [6.45, 7) is 5.40. The van der Waals surface area contributed by atoms with Gasteiger partial charge < -0.3 is 25.2 Å². The minimum atomic E-state index is -0.679. The van der Waals surface area contributed by atoms with Crippen molar-refractivity contribution in [3.05, 3.63) is 71.7 Å². The Morgan fingerprint density at radius 3 is 2.35 bits per heavy atom. The van der Waals surface area contributed by atoms with Crippen LogP contribution in [0.4, 0.5) is 9.18 Å². The molecule has 2 aromatic carbocycles. The van der Waals surface area contributed by atoms with Gasteiger partial charge in [0.25, 0.3) is 5.91 Å². The van der Waals surface area contributed by atoms with Gasteiger partial charge in [-0.25, -0.2) is 14.2 Å². The standard InChI is InChI=1S/C30H32FN3O6/c1-30(2,3)40-29(38)34-23-10-8-22(9-11-23)33-27(37)25-15-21(31)16-32-28(25)39-24-6-4-5-18(14-24)19-7-12-26(36)20(13-19)17-35/h4-7,12-17,22-23,36H,8-11H2,1-3H3,(H,33,37)(H,34,38). The largest absolute Gasteiger partial charge is 0.507 e. The molecule has 0 radical (unpaired) electrons. The molecule has 10 heteroatoms. The molecule has 1 aliphatic rings. The lowest BCUT2D eigenvalue weighted by Gasteiger charge is -2.30. The number of aromatic nitrogens is 1. The molecule has 1 saturated carbocycles. The van der Waals surface area contributed by atoms with Crippen LogP contribution in [0.5, 0.6) is 17.4 Å². The van der Waals surface area contributed by atoms with Crippen LogP contribution in [0, 0.1) is 5.82 Å². The highest BCUT2D eigenvalue weighted by Gasteiger charge is 2.27. The Morgan fingerprint density at radius 2 is 1.68 bits per heavy atom. The van der Waals surface area contributed by atoms with Crippen molar-refractivity contribution in [1.82, 2.24) is 15.6 Å². The van der Waals surface area contributed by atoms with E-state index in [0.29, 0.717) is 48.8 Å². The zero-order chi connectivity index (χ0) is 28.9. The zero-order valence-corrected chi connectivity index (χ0v) is 22.6. The molecule has 40 heavy (non-hydrogen) atoms. The van der Waals surface area contributed by atoms with Gasteiger partial charge in [-0.1, -0.05) is 18.2 Å². The van der Waals surface area contributed by atoms with Gasteiger partial charge in [0.1, 0.15) is 28.5 Å². The maximum Gasteiger partial charge on any atom is 0.407 e. The fraction of sp³-hybridized carbons (Fsp3) is 0.333. The predicted octanol–water partition coefficient (Wildman–Crippen LogP) is 5.76. The van der Waals surface area contributed by atoms with E-state index in [4.69, 9.17) is 9.47 Å². The van der Waals surface area contributed by atoms with Crippen LogP contribution in [0.15, 0.2) is 54.7 Å². The lowest BCUT2D eigenvalue weighted by molar-refractivity contribution is 0.0487. The second-order valence-electron chi connectivity index (χ2n) is 10.7. The Kier molecular flexibility index (Phi) is 8.67. The van der Waals surface area contributed by atoms with Crippen molar-refractivity contribution in [2.45, 2.75) is 64.1 Å². The third kappa shape index (κ3) is 7.56. The minimum absolute atomic E-state index is 0.0488. The fourth-order valence-electron chi connectivity index (χ4n) is 4.47. The van der Waals surface area contributed by atoms with Gasteiger partial charge in [0, 0.05) is 12.1 Å². The number of phenolic OH excluding ortho intramolecular Hbond substituents is 1. The summed E-state index contributed by atoms with van der Waals surface area (Å²) in [5.74, 6) is -1.03. The van der Waals surface area contributed by atoms with E-state index < -0.39 is 23.4 Å². The fourth-order valence-corrected chi connectivity index (χ4v) is 4.47. The maximum atomic E-state index is 14.1. The molecule has 0 spiro atoms. The molecule has 1 aromatic heterocycles. The molecule has 1 heterocycles. The van der Waals surface area contributed by atoms with Crippen LogP contribution in [0.1, 0.15) is 67.2 Å². The molecule has 9 nitrogen and oxygen atoms in total. The summed E-state index contributed by atoms with van der Waals surface area (Å²) >= 11 is 0.